The summed E-state index contributed by atoms with van der Waals surface area (Å²) in [7, 11) is 2.61. The number of hydrogen-bond donors (Lipinski definition) is 4. The number of benzene rings is 2. The Morgan fingerprint density at radius 2 is 1.21 bits per heavy atom. The zero-order chi connectivity index (χ0) is 49.9. The first-order chi connectivity index (χ1) is 34.3. The van der Waals surface area contributed by atoms with Crippen LogP contribution < -0.4 is 10.6 Å². The van der Waals surface area contributed by atoms with E-state index < -0.39 is 24.3 Å². The van der Waals surface area contributed by atoms with Crippen molar-refractivity contribution in [3.8, 4) is 22.5 Å². The molecule has 4 aromatic rings. The summed E-state index contributed by atoms with van der Waals surface area (Å²) >= 11 is 0. The quantitative estimate of drug-likeness (QED) is 0.109. The highest BCUT2D eigenvalue weighted by Gasteiger charge is 2.39. The number of H-pyrrole nitrogens is 2. The number of aromatic nitrogens is 4. The third-order valence-corrected chi connectivity index (χ3v) is 15.6. The lowest BCUT2D eigenvalue weighted by molar-refractivity contribution is -0.136. The molecule has 6 aliphatic carbocycles. The maximum absolute atomic E-state index is 13.8. The summed E-state index contributed by atoms with van der Waals surface area (Å²) in [4.78, 5) is 72.2. The van der Waals surface area contributed by atoms with Crippen LogP contribution in [0.1, 0.15) is 127 Å². The van der Waals surface area contributed by atoms with Crippen LogP contribution in [0.4, 0.5) is 9.59 Å². The van der Waals surface area contributed by atoms with Crippen LogP contribution in [0.2, 0.25) is 0 Å². The monoisotopic (exact) mass is 963 g/mol. The summed E-state index contributed by atoms with van der Waals surface area (Å²) in [6.07, 6.45) is 20.6. The Labute approximate surface area is 417 Å². The number of ether oxygens (including phenoxy) is 2. The molecule has 4 amide bonds. The van der Waals surface area contributed by atoms with Gasteiger partial charge in [-0.25, -0.2) is 19.6 Å². The Kier molecular flexibility index (Phi) is 14.8. The number of carbonyl (C=O) groups is 4. The predicted octanol–water partition coefficient (Wildman–Crippen LogP) is 10.7. The fourth-order valence-corrected chi connectivity index (χ4v) is 11.5. The molecule has 71 heavy (non-hydrogen) atoms. The number of aromatic amines is 2. The van der Waals surface area contributed by atoms with Gasteiger partial charge in [-0.05, 0) is 126 Å². The number of methoxy groups -OCH3 is 2. The molecule has 4 bridgehead atoms. The van der Waals surface area contributed by atoms with E-state index in [1.807, 2.05) is 49.9 Å². The second-order valence-electron chi connectivity index (χ2n) is 20.9. The molecule has 14 nitrogen and oxygen atoms in total. The number of imidazole rings is 2. The van der Waals surface area contributed by atoms with E-state index in [9.17, 15) is 19.2 Å². The third-order valence-electron chi connectivity index (χ3n) is 15.6. The summed E-state index contributed by atoms with van der Waals surface area (Å²) in [5.74, 6) is 2.38. The minimum atomic E-state index is -0.689. The van der Waals surface area contributed by atoms with Crippen LogP contribution in [0.5, 0.6) is 0 Å². The van der Waals surface area contributed by atoms with Crippen LogP contribution in [0.15, 0.2) is 96.4 Å². The molecule has 0 saturated carbocycles. The highest BCUT2D eigenvalue weighted by atomic mass is 16.5. The van der Waals surface area contributed by atoms with Gasteiger partial charge in [0.1, 0.15) is 23.7 Å². The lowest BCUT2D eigenvalue weighted by atomic mass is 9.70. The lowest BCUT2D eigenvalue weighted by Crippen LogP contribution is -2.51. The van der Waals surface area contributed by atoms with Crippen molar-refractivity contribution in [3.63, 3.8) is 0 Å². The summed E-state index contributed by atoms with van der Waals surface area (Å²) < 4.78 is 9.64. The van der Waals surface area contributed by atoms with E-state index in [0.717, 1.165) is 92.0 Å². The van der Waals surface area contributed by atoms with E-state index in [1.54, 1.807) is 0 Å². The molecule has 2 aromatic heterocycles. The van der Waals surface area contributed by atoms with Crippen molar-refractivity contribution in [1.82, 2.24) is 40.4 Å². The van der Waals surface area contributed by atoms with Gasteiger partial charge in [-0.15, -0.1) is 0 Å². The maximum atomic E-state index is 13.8. The molecule has 374 valence electrons. The number of hydrogen-bond acceptors (Lipinski definition) is 8. The molecule has 12 rings (SSSR count). The molecule has 2 fully saturated rings. The van der Waals surface area contributed by atoms with E-state index in [2.05, 4.69) is 100 Å². The van der Waals surface area contributed by atoms with Gasteiger partial charge < -0.3 is 39.9 Å². The Bertz CT molecular complexity index is 2730. The highest BCUT2D eigenvalue weighted by Crippen LogP contribution is 2.47. The largest absolute Gasteiger partial charge is 0.453 e. The Hall–Kier alpha value is -6.70. The molecule has 4 heterocycles. The molecule has 2 aliphatic heterocycles. The number of alkyl carbamates (subject to hydrolysis) is 2. The van der Waals surface area contributed by atoms with Gasteiger partial charge in [-0.1, -0.05) is 113 Å². The van der Waals surface area contributed by atoms with Crippen LogP contribution >= 0.6 is 0 Å². The molecule has 7 atom stereocenters. The smallest absolute Gasteiger partial charge is 0.407 e. The van der Waals surface area contributed by atoms with E-state index in [1.165, 1.54) is 47.6 Å². The zero-order valence-corrected chi connectivity index (χ0v) is 42.3. The first kappa shape index (κ1) is 49.3. The topological polar surface area (TPSA) is 175 Å². The van der Waals surface area contributed by atoms with Gasteiger partial charge in [-0.2, -0.15) is 0 Å². The molecule has 0 spiro atoms. The van der Waals surface area contributed by atoms with Crippen LogP contribution in [0, 0.1) is 29.6 Å². The second kappa shape index (κ2) is 21.3. The summed E-state index contributed by atoms with van der Waals surface area (Å²) in [5.41, 5.74) is 11.9. The standard InChI is InChI=1S/C57H70N8O6/c1-33(2)50(62-56(68)70-6)54(66)64-26-8-10-48(64)52-58-31-46(60-52)40-22-18-38(19-23-40)44-30-43-28-35(5)37-15-12-36(13-16-37)14-17-42(44)29-45(43)39-20-24-41(25-21-39)47-32-59-53(61-47)49-11-9-27-65(49)55(67)51(34(3)4)63-57(69)71-7/h12-13,15,18-25,29,31-35,37,43,48-51H,8-11,14,16-17,26-28,30H2,1-7H3,(H,58,60)(H,59,61)(H,62,68)(H,63,69)/t35-,37-,43+,48+,49+,50+,51+/m1/s1. The number of amides is 4. The second-order valence-corrected chi connectivity index (χ2v) is 20.9. The van der Waals surface area contributed by atoms with Crippen LogP contribution in [0.3, 0.4) is 0 Å². The number of rotatable bonds is 12. The SMILES string of the molecule is COC(=O)N[C@H](C(=O)N1CCC[C@H]1c1ncc(-c2ccc(C3=CC4=C(c5ccc(-c6cnc([C@@H]7CCCN7C(=O)[C@@H](NC(=O)OC)C(C)C)[nH]6)cc5)C[C@@H]3C[C@@H](C)[C@@H]3C=CC(=CC3)CC4)cc2)[nH]1)C(C)C. The van der Waals surface area contributed by atoms with Gasteiger partial charge in [-0.3, -0.25) is 9.59 Å². The van der Waals surface area contributed by atoms with E-state index in [4.69, 9.17) is 19.4 Å². The fourth-order valence-electron chi connectivity index (χ4n) is 11.5. The molecule has 0 unspecified atom stereocenters. The van der Waals surface area contributed by atoms with Gasteiger partial charge in [0.15, 0.2) is 0 Å². The van der Waals surface area contributed by atoms with Crippen molar-refractivity contribution in [2.75, 3.05) is 27.3 Å². The summed E-state index contributed by atoms with van der Waals surface area (Å²) in [5, 5.41) is 5.48. The van der Waals surface area contributed by atoms with Crippen molar-refractivity contribution in [2.24, 2.45) is 29.6 Å². The van der Waals surface area contributed by atoms with Crippen LogP contribution in [-0.2, 0) is 19.1 Å². The van der Waals surface area contributed by atoms with Gasteiger partial charge >= 0.3 is 12.2 Å². The third kappa shape index (κ3) is 10.5. The molecular weight excluding hydrogens is 893 g/mol. The minimum Gasteiger partial charge on any atom is -0.453 e. The van der Waals surface area contributed by atoms with Crippen molar-refractivity contribution < 1.29 is 28.7 Å². The number of allylic oxidation sites excluding steroid dienone is 8. The molecule has 14 heteroatoms. The summed E-state index contributed by atoms with van der Waals surface area (Å²) in [6.45, 7) is 11.3. The first-order valence-corrected chi connectivity index (χ1v) is 25.7. The average molecular weight is 963 g/mol. The average Bonchev–Trinajstić information content (AvgIpc) is 4.24. The molecule has 2 saturated heterocycles. The van der Waals surface area contributed by atoms with Crippen LogP contribution in [0.25, 0.3) is 33.7 Å². The van der Waals surface area contributed by atoms with Gasteiger partial charge in [0.25, 0.3) is 0 Å². The van der Waals surface area contributed by atoms with E-state index in [0.29, 0.717) is 30.8 Å². The molecule has 2 aromatic carbocycles. The lowest BCUT2D eigenvalue weighted by Gasteiger charge is -2.34. The van der Waals surface area contributed by atoms with Crippen molar-refractivity contribution in [3.05, 3.63) is 119 Å². The normalized spacial score (nSPS) is 23.0. The predicted molar refractivity (Wildman–Crippen MR) is 275 cm³/mol. The molecular formula is C57H70N8O6. The molecule has 0 radical (unpaired) electrons. The van der Waals surface area contributed by atoms with Gasteiger partial charge in [0.2, 0.25) is 11.8 Å². The fraction of sp³-hybridized carbons (Fsp3) is 0.474. The summed E-state index contributed by atoms with van der Waals surface area (Å²) in [6, 6.07) is 16.0. The molecule has 8 aliphatic rings. The van der Waals surface area contributed by atoms with Crippen molar-refractivity contribution in [1.29, 1.82) is 0 Å². The van der Waals surface area contributed by atoms with Crippen molar-refractivity contribution >= 4 is 35.1 Å². The van der Waals surface area contributed by atoms with Crippen molar-refractivity contribution in [2.45, 2.75) is 117 Å². The van der Waals surface area contributed by atoms with Gasteiger partial charge in [0.05, 0.1) is 50.1 Å². The van der Waals surface area contributed by atoms with E-state index >= 15 is 0 Å². The Morgan fingerprint density at radius 3 is 1.69 bits per heavy atom. The minimum absolute atomic E-state index is 0.106. The number of carbonyl (C=O) groups excluding carboxylic acids is 4. The zero-order valence-electron chi connectivity index (χ0n) is 42.3. The highest BCUT2D eigenvalue weighted by molar-refractivity contribution is 5.88. The Morgan fingerprint density at radius 1 is 0.704 bits per heavy atom. The Balaban J connectivity index is 0.959. The molecule has 4 N–H and O–H groups in total. The van der Waals surface area contributed by atoms with Gasteiger partial charge in [0, 0.05) is 13.1 Å². The van der Waals surface area contributed by atoms with E-state index in [-0.39, 0.29) is 35.7 Å². The number of nitrogens with one attached hydrogen (secondary N) is 4. The first-order valence-electron chi connectivity index (χ1n) is 25.7. The number of likely N-dealkylation sites (tertiary alicyclic amines) is 2. The number of nitrogens with zero attached hydrogens (tertiary/aromatic N) is 4. The maximum Gasteiger partial charge on any atom is 0.407 e. The van der Waals surface area contributed by atoms with Crippen LogP contribution in [-0.4, -0.2) is 93.1 Å².